The Hall–Kier alpha value is -2.04. The fourth-order valence-electron chi connectivity index (χ4n) is 3.33. The Balaban J connectivity index is 1.42. The van der Waals surface area contributed by atoms with E-state index in [4.69, 9.17) is 16.3 Å². The predicted octanol–water partition coefficient (Wildman–Crippen LogP) is 3.33. The van der Waals surface area contributed by atoms with Crippen LogP contribution in [0.3, 0.4) is 0 Å². The van der Waals surface area contributed by atoms with Gasteiger partial charge in [-0.2, -0.15) is 0 Å². The highest BCUT2D eigenvalue weighted by molar-refractivity contribution is 6.30. The first-order valence-electron chi connectivity index (χ1n) is 8.20. The number of rotatable bonds is 2. The lowest BCUT2D eigenvalue weighted by Crippen LogP contribution is -2.48. The smallest absolute Gasteiger partial charge is 0.254 e. The molecule has 0 saturated carbocycles. The van der Waals surface area contributed by atoms with Crippen molar-refractivity contribution in [1.29, 1.82) is 0 Å². The van der Waals surface area contributed by atoms with E-state index in [0.717, 1.165) is 32.8 Å². The van der Waals surface area contributed by atoms with Crippen molar-refractivity contribution in [2.75, 3.05) is 31.1 Å². The van der Waals surface area contributed by atoms with Crippen LogP contribution in [0, 0.1) is 0 Å². The van der Waals surface area contributed by atoms with Crippen molar-refractivity contribution in [1.82, 2.24) is 4.90 Å². The van der Waals surface area contributed by atoms with Crippen LogP contribution < -0.4 is 4.90 Å². The molecule has 2 aliphatic rings. The van der Waals surface area contributed by atoms with Gasteiger partial charge in [-0.3, -0.25) is 4.79 Å². The average molecular weight is 343 g/mol. The van der Waals surface area contributed by atoms with Gasteiger partial charge in [0.25, 0.3) is 5.91 Å². The zero-order valence-corrected chi connectivity index (χ0v) is 14.1. The third-order valence-electron chi connectivity index (χ3n) is 4.71. The zero-order chi connectivity index (χ0) is 16.5. The van der Waals surface area contributed by atoms with Gasteiger partial charge in [0.1, 0.15) is 0 Å². The number of benzene rings is 2. The van der Waals surface area contributed by atoms with Crippen LogP contribution in [0.25, 0.3) is 0 Å². The number of carbonyl (C=O) groups excluding carboxylic acids is 1. The minimum atomic E-state index is 0.0551. The topological polar surface area (TPSA) is 32.8 Å². The Morgan fingerprint density at radius 2 is 1.75 bits per heavy atom. The van der Waals surface area contributed by atoms with E-state index >= 15 is 0 Å². The maximum absolute atomic E-state index is 12.6. The van der Waals surface area contributed by atoms with Crippen molar-refractivity contribution >= 4 is 23.2 Å². The highest BCUT2D eigenvalue weighted by Crippen LogP contribution is 2.26. The second kappa shape index (κ2) is 6.46. The van der Waals surface area contributed by atoms with Crippen LogP contribution in [-0.4, -0.2) is 37.0 Å². The quantitative estimate of drug-likeness (QED) is 0.839. The Morgan fingerprint density at radius 3 is 2.54 bits per heavy atom. The SMILES string of the molecule is O=C(c1cccc(Cl)c1)N1CCN(c2ccc3c(c2)COC3)CC1. The van der Waals surface area contributed by atoms with Gasteiger partial charge in [-0.25, -0.2) is 0 Å². The largest absolute Gasteiger partial charge is 0.372 e. The standard InChI is InChI=1S/C19H19ClN2O2/c20-17-3-1-2-14(10-17)19(23)22-8-6-21(7-9-22)18-5-4-15-12-24-13-16(15)11-18/h1-5,10-11H,6-9,12-13H2. The van der Waals surface area contributed by atoms with Crippen LogP contribution in [0.5, 0.6) is 0 Å². The number of ether oxygens (including phenoxy) is 1. The van der Waals surface area contributed by atoms with E-state index in [1.165, 1.54) is 16.8 Å². The average Bonchev–Trinajstić information content (AvgIpc) is 3.09. The molecule has 124 valence electrons. The highest BCUT2D eigenvalue weighted by atomic mass is 35.5. The number of halogens is 1. The summed E-state index contributed by atoms with van der Waals surface area (Å²) in [4.78, 5) is 16.8. The van der Waals surface area contributed by atoms with Gasteiger partial charge in [0.2, 0.25) is 0 Å². The predicted molar refractivity (Wildman–Crippen MR) is 94.5 cm³/mol. The molecule has 1 fully saturated rings. The van der Waals surface area contributed by atoms with Gasteiger partial charge in [0, 0.05) is 42.5 Å². The van der Waals surface area contributed by atoms with Crippen LogP contribution in [0.15, 0.2) is 42.5 Å². The molecule has 1 saturated heterocycles. The molecular weight excluding hydrogens is 324 g/mol. The monoisotopic (exact) mass is 342 g/mol. The molecule has 0 spiro atoms. The normalized spacial score (nSPS) is 17.0. The molecule has 2 aliphatic heterocycles. The van der Waals surface area contributed by atoms with Crippen molar-refractivity contribution < 1.29 is 9.53 Å². The Morgan fingerprint density at radius 1 is 0.958 bits per heavy atom. The first kappa shape index (κ1) is 15.5. The number of nitrogens with zero attached hydrogens (tertiary/aromatic N) is 2. The molecule has 2 aromatic rings. The number of carbonyl (C=O) groups is 1. The summed E-state index contributed by atoms with van der Waals surface area (Å²) in [6.07, 6.45) is 0. The Bertz CT molecular complexity index is 770. The Labute approximate surface area is 146 Å². The summed E-state index contributed by atoms with van der Waals surface area (Å²) >= 11 is 5.99. The second-order valence-corrected chi connectivity index (χ2v) is 6.67. The van der Waals surface area contributed by atoms with Crippen molar-refractivity contribution in [3.05, 3.63) is 64.2 Å². The van der Waals surface area contributed by atoms with E-state index in [2.05, 4.69) is 23.1 Å². The third-order valence-corrected chi connectivity index (χ3v) is 4.94. The minimum Gasteiger partial charge on any atom is -0.372 e. The number of hydrogen-bond donors (Lipinski definition) is 0. The lowest BCUT2D eigenvalue weighted by molar-refractivity contribution is 0.0747. The summed E-state index contributed by atoms with van der Waals surface area (Å²) in [5.41, 5.74) is 4.44. The van der Waals surface area contributed by atoms with E-state index in [0.29, 0.717) is 17.2 Å². The molecule has 0 atom stereocenters. The van der Waals surface area contributed by atoms with Gasteiger partial charge in [-0.1, -0.05) is 23.7 Å². The summed E-state index contributed by atoms with van der Waals surface area (Å²) in [5, 5.41) is 0.597. The van der Waals surface area contributed by atoms with Crippen LogP contribution in [-0.2, 0) is 18.0 Å². The number of amides is 1. The highest BCUT2D eigenvalue weighted by Gasteiger charge is 2.23. The maximum atomic E-state index is 12.6. The lowest BCUT2D eigenvalue weighted by Gasteiger charge is -2.36. The van der Waals surface area contributed by atoms with Gasteiger partial charge < -0.3 is 14.5 Å². The van der Waals surface area contributed by atoms with Crippen molar-refractivity contribution in [2.45, 2.75) is 13.2 Å². The van der Waals surface area contributed by atoms with E-state index < -0.39 is 0 Å². The van der Waals surface area contributed by atoms with E-state index in [9.17, 15) is 4.79 Å². The first-order valence-corrected chi connectivity index (χ1v) is 8.58. The van der Waals surface area contributed by atoms with Gasteiger partial charge in [0.15, 0.2) is 0 Å². The summed E-state index contributed by atoms with van der Waals surface area (Å²) in [5.74, 6) is 0.0551. The molecule has 0 radical (unpaired) electrons. The molecule has 4 nitrogen and oxygen atoms in total. The number of fused-ring (bicyclic) bond motifs is 1. The molecule has 5 heteroatoms. The van der Waals surface area contributed by atoms with Crippen molar-refractivity contribution in [3.8, 4) is 0 Å². The van der Waals surface area contributed by atoms with Crippen LogP contribution in [0.1, 0.15) is 21.5 Å². The van der Waals surface area contributed by atoms with Crippen LogP contribution >= 0.6 is 11.6 Å². The summed E-state index contributed by atoms with van der Waals surface area (Å²) in [6, 6.07) is 13.7. The van der Waals surface area contributed by atoms with Gasteiger partial charge in [-0.05, 0) is 41.5 Å². The Kier molecular flexibility index (Phi) is 4.17. The second-order valence-electron chi connectivity index (χ2n) is 6.24. The molecule has 0 bridgehead atoms. The van der Waals surface area contributed by atoms with Crippen LogP contribution in [0.2, 0.25) is 5.02 Å². The van der Waals surface area contributed by atoms with Gasteiger partial charge in [0.05, 0.1) is 13.2 Å². The fourth-order valence-corrected chi connectivity index (χ4v) is 3.52. The van der Waals surface area contributed by atoms with E-state index in [1.54, 1.807) is 12.1 Å². The summed E-state index contributed by atoms with van der Waals surface area (Å²) in [7, 11) is 0. The lowest BCUT2D eigenvalue weighted by atomic mass is 10.1. The van der Waals surface area contributed by atoms with Crippen molar-refractivity contribution in [3.63, 3.8) is 0 Å². The molecule has 2 aromatic carbocycles. The number of hydrogen-bond acceptors (Lipinski definition) is 3. The van der Waals surface area contributed by atoms with E-state index in [-0.39, 0.29) is 5.91 Å². The molecule has 4 rings (SSSR count). The molecule has 0 aliphatic carbocycles. The molecule has 0 N–H and O–H groups in total. The number of piperazine rings is 1. The molecular formula is C19H19ClN2O2. The minimum absolute atomic E-state index is 0.0551. The van der Waals surface area contributed by atoms with Crippen molar-refractivity contribution in [2.24, 2.45) is 0 Å². The van der Waals surface area contributed by atoms with Gasteiger partial charge in [-0.15, -0.1) is 0 Å². The zero-order valence-electron chi connectivity index (χ0n) is 13.4. The molecule has 24 heavy (non-hydrogen) atoms. The molecule has 0 unspecified atom stereocenters. The third kappa shape index (κ3) is 2.99. The molecule has 1 amide bonds. The number of anilines is 1. The summed E-state index contributed by atoms with van der Waals surface area (Å²) < 4.78 is 5.48. The maximum Gasteiger partial charge on any atom is 0.254 e. The molecule has 2 heterocycles. The fraction of sp³-hybridized carbons (Fsp3) is 0.316. The van der Waals surface area contributed by atoms with Crippen LogP contribution in [0.4, 0.5) is 5.69 Å². The summed E-state index contributed by atoms with van der Waals surface area (Å²) in [6.45, 7) is 4.55. The van der Waals surface area contributed by atoms with E-state index in [1.807, 2.05) is 17.0 Å². The first-order chi connectivity index (χ1) is 11.7. The molecule has 0 aromatic heterocycles. The van der Waals surface area contributed by atoms with Gasteiger partial charge >= 0.3 is 0 Å².